The van der Waals surface area contributed by atoms with Crippen molar-refractivity contribution in [2.24, 2.45) is 0 Å². The van der Waals surface area contributed by atoms with Crippen LogP contribution < -0.4 is 5.32 Å². The highest BCUT2D eigenvalue weighted by Crippen LogP contribution is 2.11. The van der Waals surface area contributed by atoms with E-state index in [9.17, 15) is 9.59 Å². The van der Waals surface area contributed by atoms with E-state index in [4.69, 9.17) is 0 Å². The third-order valence-electron chi connectivity index (χ3n) is 2.26. The van der Waals surface area contributed by atoms with Gasteiger partial charge in [-0.25, -0.2) is 0 Å². The van der Waals surface area contributed by atoms with Crippen LogP contribution in [0.5, 0.6) is 0 Å². The number of anilines is 1. The van der Waals surface area contributed by atoms with Crippen LogP contribution in [-0.2, 0) is 11.2 Å². The molecule has 0 radical (unpaired) electrons. The lowest BCUT2D eigenvalue weighted by Crippen LogP contribution is -2.15. The molecule has 0 aliphatic heterocycles. The van der Waals surface area contributed by atoms with E-state index < -0.39 is 0 Å². The molecule has 1 aromatic heterocycles. The van der Waals surface area contributed by atoms with Gasteiger partial charge in [0.05, 0.1) is 6.42 Å². The number of nitrogens with one attached hydrogen (secondary N) is 2. The van der Waals surface area contributed by atoms with Crippen LogP contribution in [0.25, 0.3) is 0 Å². The predicted octanol–water partition coefficient (Wildman–Crippen LogP) is 0.583. The Bertz CT molecular complexity index is 565. The first-order chi connectivity index (χ1) is 8.65. The van der Waals surface area contributed by atoms with Crippen LogP contribution >= 0.6 is 0 Å². The largest absolute Gasteiger partial charge is 0.326 e. The van der Waals surface area contributed by atoms with E-state index in [0.29, 0.717) is 17.1 Å². The summed E-state index contributed by atoms with van der Waals surface area (Å²) in [5, 5.41) is 15.7. The minimum atomic E-state index is -0.267. The third kappa shape index (κ3) is 2.97. The van der Waals surface area contributed by atoms with Crippen molar-refractivity contribution in [1.29, 1.82) is 0 Å². The lowest BCUT2D eigenvalue weighted by Gasteiger charge is -2.04. The number of carbonyl (C=O) groups excluding carboxylic acids is 2. The molecule has 1 aromatic carbocycles. The maximum Gasteiger partial charge on any atom is 0.232 e. The first-order valence-corrected chi connectivity index (χ1v) is 5.28. The molecule has 2 aromatic rings. The van der Waals surface area contributed by atoms with Crippen molar-refractivity contribution in [2.45, 2.75) is 13.3 Å². The van der Waals surface area contributed by atoms with Crippen molar-refractivity contribution < 1.29 is 9.59 Å². The van der Waals surface area contributed by atoms with Crippen LogP contribution in [0.1, 0.15) is 23.1 Å². The number of Topliss-reactive ketones (excluding diaryl/α,β-unsaturated/α-hetero) is 1. The Morgan fingerprint density at radius 3 is 2.89 bits per heavy atom. The zero-order valence-corrected chi connectivity index (χ0v) is 9.67. The molecule has 0 bridgehead atoms. The summed E-state index contributed by atoms with van der Waals surface area (Å²) in [5.74, 6) is -0.00316. The van der Waals surface area contributed by atoms with E-state index in [1.165, 1.54) is 6.92 Å². The summed E-state index contributed by atoms with van der Waals surface area (Å²) < 4.78 is 0. The summed E-state index contributed by atoms with van der Waals surface area (Å²) in [6, 6.07) is 6.73. The molecule has 0 atom stereocenters. The number of tetrazole rings is 1. The summed E-state index contributed by atoms with van der Waals surface area (Å²) >= 11 is 0. The van der Waals surface area contributed by atoms with E-state index in [0.717, 1.165) is 0 Å². The topological polar surface area (TPSA) is 101 Å². The molecule has 2 rings (SSSR count). The minimum absolute atomic E-state index is 0.0286. The molecule has 0 aliphatic carbocycles. The second-order valence-electron chi connectivity index (χ2n) is 3.69. The first kappa shape index (κ1) is 11.9. The number of carbonyl (C=O) groups is 2. The summed E-state index contributed by atoms with van der Waals surface area (Å²) in [6.07, 6.45) is 0.0286. The normalized spacial score (nSPS) is 10.1. The molecule has 1 amide bonds. The van der Waals surface area contributed by atoms with Crippen molar-refractivity contribution >= 4 is 17.4 Å². The molecule has 18 heavy (non-hydrogen) atoms. The Morgan fingerprint density at radius 1 is 1.39 bits per heavy atom. The van der Waals surface area contributed by atoms with Crippen LogP contribution in [0.15, 0.2) is 24.3 Å². The molecule has 7 heteroatoms. The fraction of sp³-hybridized carbons (Fsp3) is 0.182. The molecule has 7 nitrogen and oxygen atoms in total. The van der Waals surface area contributed by atoms with Gasteiger partial charge in [-0.05, 0) is 19.1 Å². The minimum Gasteiger partial charge on any atom is -0.326 e. The van der Waals surface area contributed by atoms with Crippen molar-refractivity contribution in [3.05, 3.63) is 35.7 Å². The Balaban J connectivity index is 2.03. The van der Waals surface area contributed by atoms with Crippen LogP contribution in [0, 0.1) is 0 Å². The number of nitrogens with zero attached hydrogens (tertiary/aromatic N) is 3. The number of benzene rings is 1. The maximum atomic E-state index is 11.6. The van der Waals surface area contributed by atoms with Gasteiger partial charge in [0.1, 0.15) is 0 Å². The molecular formula is C11H11N5O2. The van der Waals surface area contributed by atoms with Crippen molar-refractivity contribution in [1.82, 2.24) is 20.6 Å². The van der Waals surface area contributed by atoms with Gasteiger partial charge < -0.3 is 5.32 Å². The van der Waals surface area contributed by atoms with E-state index in [-0.39, 0.29) is 18.1 Å². The van der Waals surface area contributed by atoms with Gasteiger partial charge in [0.25, 0.3) is 0 Å². The molecule has 0 unspecified atom stereocenters. The standard InChI is InChI=1S/C11H11N5O2/c1-7(17)8-3-2-4-9(5-8)12-11(18)6-10-13-15-16-14-10/h2-5H,6H2,1H3,(H,12,18)(H,13,14,15,16). The average Bonchev–Trinajstić information content (AvgIpc) is 2.82. The predicted molar refractivity (Wildman–Crippen MR) is 63.0 cm³/mol. The van der Waals surface area contributed by atoms with Crippen molar-refractivity contribution in [2.75, 3.05) is 5.32 Å². The number of amides is 1. The third-order valence-corrected chi connectivity index (χ3v) is 2.26. The molecule has 0 spiro atoms. The Hall–Kier alpha value is -2.57. The smallest absolute Gasteiger partial charge is 0.232 e. The molecule has 0 saturated carbocycles. The van der Waals surface area contributed by atoms with Crippen LogP contribution in [-0.4, -0.2) is 32.3 Å². The summed E-state index contributed by atoms with van der Waals surface area (Å²) in [5.41, 5.74) is 1.11. The molecule has 0 saturated heterocycles. The van der Waals surface area contributed by atoms with Crippen LogP contribution in [0.4, 0.5) is 5.69 Å². The summed E-state index contributed by atoms with van der Waals surface area (Å²) in [6.45, 7) is 1.47. The Labute approximate surface area is 103 Å². The lowest BCUT2D eigenvalue weighted by atomic mass is 10.1. The Kier molecular flexibility index (Phi) is 3.42. The summed E-state index contributed by atoms with van der Waals surface area (Å²) in [4.78, 5) is 22.8. The second-order valence-corrected chi connectivity index (χ2v) is 3.69. The summed E-state index contributed by atoms with van der Waals surface area (Å²) in [7, 11) is 0. The monoisotopic (exact) mass is 245 g/mol. The second kappa shape index (κ2) is 5.17. The van der Waals surface area contributed by atoms with Gasteiger partial charge in [-0.2, -0.15) is 5.21 Å². The van der Waals surface area contributed by atoms with E-state index in [1.54, 1.807) is 24.3 Å². The number of aromatic nitrogens is 4. The van der Waals surface area contributed by atoms with Gasteiger partial charge in [0, 0.05) is 11.3 Å². The maximum absolute atomic E-state index is 11.6. The van der Waals surface area contributed by atoms with Gasteiger partial charge in [-0.15, -0.1) is 10.2 Å². The highest BCUT2D eigenvalue weighted by Gasteiger charge is 2.08. The van der Waals surface area contributed by atoms with Crippen LogP contribution in [0.2, 0.25) is 0 Å². The highest BCUT2D eigenvalue weighted by molar-refractivity contribution is 5.97. The molecular weight excluding hydrogens is 234 g/mol. The molecule has 92 valence electrons. The molecule has 0 aliphatic rings. The fourth-order valence-corrected chi connectivity index (χ4v) is 1.42. The van der Waals surface area contributed by atoms with E-state index >= 15 is 0 Å². The molecule has 1 heterocycles. The number of hydrogen-bond donors (Lipinski definition) is 2. The van der Waals surface area contributed by atoms with Gasteiger partial charge in [0.15, 0.2) is 11.6 Å². The molecule has 2 N–H and O–H groups in total. The zero-order valence-electron chi connectivity index (χ0n) is 9.67. The van der Waals surface area contributed by atoms with Gasteiger partial charge in [0.2, 0.25) is 5.91 Å². The molecule has 0 fully saturated rings. The van der Waals surface area contributed by atoms with Gasteiger partial charge in [-0.1, -0.05) is 17.3 Å². The van der Waals surface area contributed by atoms with Crippen LogP contribution in [0.3, 0.4) is 0 Å². The fourth-order valence-electron chi connectivity index (χ4n) is 1.42. The number of rotatable bonds is 4. The number of H-pyrrole nitrogens is 1. The average molecular weight is 245 g/mol. The quantitative estimate of drug-likeness (QED) is 0.767. The Morgan fingerprint density at radius 2 is 2.22 bits per heavy atom. The number of ketones is 1. The first-order valence-electron chi connectivity index (χ1n) is 5.28. The van der Waals surface area contributed by atoms with E-state index in [1.807, 2.05) is 0 Å². The van der Waals surface area contributed by atoms with Gasteiger partial charge in [-0.3, -0.25) is 9.59 Å². The van der Waals surface area contributed by atoms with Crippen molar-refractivity contribution in [3.63, 3.8) is 0 Å². The zero-order chi connectivity index (χ0) is 13.0. The highest BCUT2D eigenvalue weighted by atomic mass is 16.1. The lowest BCUT2D eigenvalue weighted by molar-refractivity contribution is -0.115. The SMILES string of the molecule is CC(=O)c1cccc(NC(=O)Cc2nn[nH]n2)c1. The number of aromatic amines is 1. The van der Waals surface area contributed by atoms with Gasteiger partial charge >= 0.3 is 0 Å². The van der Waals surface area contributed by atoms with E-state index in [2.05, 4.69) is 25.9 Å². The van der Waals surface area contributed by atoms with Crippen molar-refractivity contribution in [3.8, 4) is 0 Å². The number of hydrogen-bond acceptors (Lipinski definition) is 5.